The molecule has 2 aromatic carbocycles. The van der Waals surface area contributed by atoms with Gasteiger partial charge in [-0.2, -0.15) is 0 Å². The van der Waals surface area contributed by atoms with E-state index in [1.807, 2.05) is 36.4 Å². The van der Waals surface area contributed by atoms with Gasteiger partial charge >= 0.3 is 0 Å². The molecule has 2 heteroatoms. The standard InChI is InChI=1S/C14H13ClO/c1-2-5-14(16)12-8-9-13(15)11-7-4-3-6-10(11)12/h2-4,6-9,14,16H,1,5H2/t14-/m1/s1. The summed E-state index contributed by atoms with van der Waals surface area (Å²) in [6.45, 7) is 3.64. The van der Waals surface area contributed by atoms with E-state index in [-0.39, 0.29) is 0 Å². The van der Waals surface area contributed by atoms with Gasteiger partial charge in [-0.25, -0.2) is 0 Å². The third-order valence-electron chi connectivity index (χ3n) is 2.65. The van der Waals surface area contributed by atoms with Gasteiger partial charge in [0.2, 0.25) is 0 Å². The monoisotopic (exact) mass is 232 g/mol. The molecule has 16 heavy (non-hydrogen) atoms. The minimum atomic E-state index is -0.514. The van der Waals surface area contributed by atoms with Crippen LogP contribution in [0.5, 0.6) is 0 Å². The highest BCUT2D eigenvalue weighted by molar-refractivity contribution is 6.35. The first kappa shape index (κ1) is 11.2. The third-order valence-corrected chi connectivity index (χ3v) is 2.98. The number of aliphatic hydroxyl groups excluding tert-OH is 1. The quantitative estimate of drug-likeness (QED) is 0.790. The molecular formula is C14H13ClO. The summed E-state index contributed by atoms with van der Waals surface area (Å²) < 4.78 is 0. The number of aliphatic hydroxyl groups is 1. The Bertz CT molecular complexity index is 519. The summed E-state index contributed by atoms with van der Waals surface area (Å²) in [5.41, 5.74) is 0.903. The fourth-order valence-electron chi connectivity index (χ4n) is 1.86. The first-order valence-electron chi connectivity index (χ1n) is 5.20. The van der Waals surface area contributed by atoms with Crippen molar-refractivity contribution < 1.29 is 5.11 Å². The zero-order valence-electron chi connectivity index (χ0n) is 8.86. The molecule has 0 unspecified atom stereocenters. The summed E-state index contributed by atoms with van der Waals surface area (Å²) in [4.78, 5) is 0. The summed E-state index contributed by atoms with van der Waals surface area (Å²) >= 11 is 6.11. The molecule has 2 rings (SSSR count). The van der Waals surface area contributed by atoms with Crippen molar-refractivity contribution in [3.05, 3.63) is 59.6 Å². The van der Waals surface area contributed by atoms with Crippen LogP contribution in [0.25, 0.3) is 10.8 Å². The molecule has 0 aliphatic carbocycles. The average Bonchev–Trinajstić information content (AvgIpc) is 2.30. The minimum absolute atomic E-state index is 0.514. The molecule has 1 N–H and O–H groups in total. The van der Waals surface area contributed by atoms with Crippen LogP contribution in [0.2, 0.25) is 5.02 Å². The Balaban J connectivity index is 2.62. The van der Waals surface area contributed by atoms with Crippen LogP contribution in [0.1, 0.15) is 18.1 Å². The van der Waals surface area contributed by atoms with Crippen LogP contribution in [0.15, 0.2) is 49.1 Å². The highest BCUT2D eigenvalue weighted by atomic mass is 35.5. The Morgan fingerprint density at radius 3 is 2.56 bits per heavy atom. The Kier molecular flexibility index (Phi) is 3.28. The van der Waals surface area contributed by atoms with Gasteiger partial charge in [-0.3, -0.25) is 0 Å². The van der Waals surface area contributed by atoms with E-state index in [4.69, 9.17) is 11.6 Å². The molecule has 2 aromatic rings. The van der Waals surface area contributed by atoms with E-state index in [2.05, 4.69) is 6.58 Å². The molecule has 0 aromatic heterocycles. The SMILES string of the molecule is C=CC[C@@H](O)c1ccc(Cl)c2ccccc12. The fourth-order valence-corrected chi connectivity index (χ4v) is 2.09. The van der Waals surface area contributed by atoms with Crippen molar-refractivity contribution in [1.29, 1.82) is 0 Å². The Morgan fingerprint density at radius 1 is 1.19 bits per heavy atom. The molecule has 0 amide bonds. The zero-order chi connectivity index (χ0) is 11.5. The highest BCUT2D eigenvalue weighted by Crippen LogP contribution is 2.31. The molecule has 0 saturated heterocycles. The number of hydrogen-bond acceptors (Lipinski definition) is 1. The van der Waals surface area contributed by atoms with Crippen molar-refractivity contribution in [3.8, 4) is 0 Å². The number of rotatable bonds is 3. The lowest BCUT2D eigenvalue weighted by atomic mass is 9.99. The van der Waals surface area contributed by atoms with E-state index in [1.165, 1.54) is 0 Å². The van der Waals surface area contributed by atoms with E-state index in [9.17, 15) is 5.11 Å². The molecule has 0 bridgehead atoms. The Morgan fingerprint density at radius 2 is 1.88 bits per heavy atom. The Labute approximate surface area is 100.0 Å². The zero-order valence-corrected chi connectivity index (χ0v) is 9.61. The van der Waals surface area contributed by atoms with E-state index in [1.54, 1.807) is 6.08 Å². The predicted octanol–water partition coefficient (Wildman–Crippen LogP) is 4.10. The van der Waals surface area contributed by atoms with Crippen molar-refractivity contribution in [3.63, 3.8) is 0 Å². The number of hydrogen-bond donors (Lipinski definition) is 1. The van der Waals surface area contributed by atoms with Gasteiger partial charge in [-0.15, -0.1) is 6.58 Å². The van der Waals surface area contributed by atoms with Gasteiger partial charge in [0.05, 0.1) is 6.10 Å². The second-order valence-electron chi connectivity index (χ2n) is 3.72. The van der Waals surface area contributed by atoms with Gasteiger partial charge in [0.1, 0.15) is 0 Å². The third kappa shape index (κ3) is 1.97. The second kappa shape index (κ2) is 4.69. The van der Waals surface area contributed by atoms with E-state index in [0.29, 0.717) is 11.4 Å². The fraction of sp³-hybridized carbons (Fsp3) is 0.143. The lowest BCUT2D eigenvalue weighted by molar-refractivity contribution is 0.183. The molecule has 0 saturated carbocycles. The number of benzene rings is 2. The van der Waals surface area contributed by atoms with Crippen LogP contribution >= 0.6 is 11.6 Å². The average molecular weight is 233 g/mol. The summed E-state index contributed by atoms with van der Waals surface area (Å²) in [5.74, 6) is 0. The smallest absolute Gasteiger partial charge is 0.0830 e. The second-order valence-corrected chi connectivity index (χ2v) is 4.13. The topological polar surface area (TPSA) is 20.2 Å². The molecule has 0 aliphatic heterocycles. The van der Waals surface area contributed by atoms with Crippen molar-refractivity contribution in [2.45, 2.75) is 12.5 Å². The van der Waals surface area contributed by atoms with Crippen LogP contribution in [0.3, 0.4) is 0 Å². The van der Waals surface area contributed by atoms with Crippen LogP contribution in [-0.2, 0) is 0 Å². The normalized spacial score (nSPS) is 12.6. The largest absolute Gasteiger partial charge is 0.388 e. The lowest BCUT2D eigenvalue weighted by Gasteiger charge is -2.12. The van der Waals surface area contributed by atoms with Gasteiger partial charge in [-0.1, -0.05) is 48.0 Å². The molecule has 1 atom stereocenters. The van der Waals surface area contributed by atoms with Crippen molar-refractivity contribution in [1.82, 2.24) is 0 Å². The van der Waals surface area contributed by atoms with Crippen LogP contribution in [-0.4, -0.2) is 5.11 Å². The van der Waals surface area contributed by atoms with Crippen LogP contribution < -0.4 is 0 Å². The van der Waals surface area contributed by atoms with Crippen LogP contribution in [0.4, 0.5) is 0 Å². The highest BCUT2D eigenvalue weighted by Gasteiger charge is 2.10. The molecule has 0 heterocycles. The minimum Gasteiger partial charge on any atom is -0.388 e. The number of halogens is 1. The first-order chi connectivity index (χ1) is 7.74. The lowest BCUT2D eigenvalue weighted by Crippen LogP contribution is -1.96. The van der Waals surface area contributed by atoms with E-state index in [0.717, 1.165) is 16.3 Å². The van der Waals surface area contributed by atoms with Gasteiger partial charge in [0.25, 0.3) is 0 Å². The van der Waals surface area contributed by atoms with Gasteiger partial charge in [0.15, 0.2) is 0 Å². The number of fused-ring (bicyclic) bond motifs is 1. The first-order valence-corrected chi connectivity index (χ1v) is 5.58. The van der Waals surface area contributed by atoms with E-state index < -0.39 is 6.10 Å². The molecule has 0 spiro atoms. The van der Waals surface area contributed by atoms with Crippen molar-refractivity contribution >= 4 is 22.4 Å². The summed E-state index contributed by atoms with van der Waals surface area (Å²) in [6, 6.07) is 11.5. The molecule has 0 fully saturated rings. The maximum atomic E-state index is 10.00. The van der Waals surface area contributed by atoms with Crippen LogP contribution in [0, 0.1) is 0 Å². The summed E-state index contributed by atoms with van der Waals surface area (Å²) in [7, 11) is 0. The predicted molar refractivity (Wildman–Crippen MR) is 68.7 cm³/mol. The molecule has 0 radical (unpaired) electrons. The summed E-state index contributed by atoms with van der Waals surface area (Å²) in [5, 5.41) is 12.7. The maximum Gasteiger partial charge on any atom is 0.0830 e. The Hall–Kier alpha value is -1.31. The van der Waals surface area contributed by atoms with E-state index >= 15 is 0 Å². The maximum absolute atomic E-state index is 10.00. The van der Waals surface area contributed by atoms with Crippen molar-refractivity contribution in [2.75, 3.05) is 0 Å². The molecule has 82 valence electrons. The molecule has 1 nitrogen and oxygen atoms in total. The van der Waals surface area contributed by atoms with Gasteiger partial charge in [0, 0.05) is 10.4 Å². The van der Waals surface area contributed by atoms with Gasteiger partial charge < -0.3 is 5.11 Å². The molecular weight excluding hydrogens is 220 g/mol. The molecule has 0 aliphatic rings. The summed E-state index contributed by atoms with van der Waals surface area (Å²) in [6.07, 6.45) is 1.75. The van der Waals surface area contributed by atoms with Gasteiger partial charge in [-0.05, 0) is 23.4 Å². The van der Waals surface area contributed by atoms with Crippen molar-refractivity contribution in [2.24, 2.45) is 0 Å².